The maximum absolute atomic E-state index is 13.6. The lowest BCUT2D eigenvalue weighted by Gasteiger charge is -2.33. The second-order valence-corrected chi connectivity index (χ2v) is 8.77. The molecule has 1 fully saturated rings. The van der Waals surface area contributed by atoms with Crippen molar-refractivity contribution < 1.29 is 9.18 Å². The fraction of sp³-hybridized carbons (Fsp3) is 0.308. The third-order valence-electron chi connectivity index (χ3n) is 5.91. The zero-order valence-electron chi connectivity index (χ0n) is 17.5. The van der Waals surface area contributed by atoms with Crippen molar-refractivity contribution in [2.45, 2.75) is 44.7 Å². The zero-order chi connectivity index (χ0) is 21.8. The first kappa shape index (κ1) is 21.5. The molecule has 1 aromatic heterocycles. The summed E-state index contributed by atoms with van der Waals surface area (Å²) in [6, 6.07) is 20.0. The van der Waals surface area contributed by atoms with Gasteiger partial charge in [-0.25, -0.2) is 4.39 Å². The van der Waals surface area contributed by atoms with Crippen LogP contribution in [0.2, 0.25) is 5.02 Å². The number of nitrogens with zero attached hydrogens (tertiary/aromatic N) is 2. The van der Waals surface area contributed by atoms with Gasteiger partial charge in [-0.2, -0.15) is 0 Å². The lowest BCUT2D eigenvalue weighted by atomic mass is 9.95. The molecule has 3 nitrogen and oxygen atoms in total. The van der Waals surface area contributed by atoms with E-state index in [0.29, 0.717) is 23.9 Å². The molecule has 3 aromatic rings. The van der Waals surface area contributed by atoms with Gasteiger partial charge in [0.15, 0.2) is 0 Å². The average Bonchev–Trinajstić information content (AvgIpc) is 3.61. The molecular formula is C26H26ClFN2O. The number of halogens is 2. The Morgan fingerprint density at radius 1 is 1.06 bits per heavy atom. The Balaban J connectivity index is 1.61. The number of carbonyl (C=O) groups excluding carboxylic acids is 1. The lowest BCUT2D eigenvalue weighted by Crippen LogP contribution is -2.36. The Hall–Kier alpha value is -2.72. The summed E-state index contributed by atoms with van der Waals surface area (Å²) in [6.45, 7) is 2.47. The standard InChI is InChI=1S/C26H26ClFN2O/c1-18(19-9-13-23(28)14-10-19)16-25(31)30(17-24-4-2-3-15-29-24)26(20-5-6-20)21-7-11-22(27)12-8-21/h2-4,7-15,18,20,26H,5-6,16-17H2,1H3/t18-,26?/m0/s1. The van der Waals surface area contributed by atoms with Crippen LogP contribution in [0.25, 0.3) is 0 Å². The predicted molar refractivity (Wildman–Crippen MR) is 121 cm³/mol. The van der Waals surface area contributed by atoms with Crippen molar-refractivity contribution >= 4 is 17.5 Å². The van der Waals surface area contributed by atoms with Gasteiger partial charge in [-0.1, -0.05) is 48.9 Å². The molecule has 1 aliphatic carbocycles. The van der Waals surface area contributed by atoms with Gasteiger partial charge in [-0.15, -0.1) is 0 Å². The van der Waals surface area contributed by atoms with E-state index in [2.05, 4.69) is 4.98 Å². The van der Waals surface area contributed by atoms with E-state index >= 15 is 0 Å². The van der Waals surface area contributed by atoms with Crippen LogP contribution in [0.15, 0.2) is 72.9 Å². The summed E-state index contributed by atoms with van der Waals surface area (Å²) in [6.07, 6.45) is 4.32. The molecule has 31 heavy (non-hydrogen) atoms. The van der Waals surface area contributed by atoms with Crippen LogP contribution in [-0.2, 0) is 11.3 Å². The van der Waals surface area contributed by atoms with E-state index in [9.17, 15) is 9.18 Å². The van der Waals surface area contributed by atoms with E-state index in [1.807, 2.05) is 54.3 Å². The SMILES string of the molecule is C[C@@H](CC(=O)N(Cc1ccccn1)C(c1ccc(Cl)cc1)C1CC1)c1ccc(F)cc1. The molecular weight excluding hydrogens is 411 g/mol. The van der Waals surface area contributed by atoms with E-state index in [4.69, 9.17) is 11.6 Å². The number of hydrogen-bond acceptors (Lipinski definition) is 2. The summed E-state index contributed by atoms with van der Waals surface area (Å²) >= 11 is 6.11. The lowest BCUT2D eigenvalue weighted by molar-refractivity contribution is -0.135. The highest BCUT2D eigenvalue weighted by molar-refractivity contribution is 6.30. The second kappa shape index (κ2) is 9.61. The molecule has 160 valence electrons. The summed E-state index contributed by atoms with van der Waals surface area (Å²) in [5, 5.41) is 0.686. The molecule has 0 bridgehead atoms. The number of carbonyl (C=O) groups is 1. The van der Waals surface area contributed by atoms with E-state index < -0.39 is 0 Å². The van der Waals surface area contributed by atoms with Crippen LogP contribution in [-0.4, -0.2) is 15.8 Å². The van der Waals surface area contributed by atoms with Gasteiger partial charge in [0.2, 0.25) is 5.91 Å². The molecule has 0 aliphatic heterocycles. The zero-order valence-corrected chi connectivity index (χ0v) is 18.3. The van der Waals surface area contributed by atoms with Gasteiger partial charge in [0, 0.05) is 17.6 Å². The number of rotatable bonds is 8. The number of pyridine rings is 1. The summed E-state index contributed by atoms with van der Waals surface area (Å²) in [7, 11) is 0. The van der Waals surface area contributed by atoms with Gasteiger partial charge in [-0.05, 0) is 72.2 Å². The molecule has 0 radical (unpaired) electrons. The van der Waals surface area contributed by atoms with Gasteiger partial charge in [0.05, 0.1) is 18.3 Å². The van der Waals surface area contributed by atoms with E-state index in [-0.39, 0.29) is 23.7 Å². The van der Waals surface area contributed by atoms with E-state index in [1.165, 1.54) is 12.1 Å². The minimum absolute atomic E-state index is 0.00723. The van der Waals surface area contributed by atoms with Gasteiger partial charge in [0.1, 0.15) is 5.82 Å². The van der Waals surface area contributed by atoms with Gasteiger partial charge in [-0.3, -0.25) is 9.78 Å². The third kappa shape index (κ3) is 5.50. The smallest absolute Gasteiger partial charge is 0.224 e. The Labute approximate surface area is 187 Å². The van der Waals surface area contributed by atoms with Crippen LogP contribution in [0.5, 0.6) is 0 Å². The van der Waals surface area contributed by atoms with E-state index in [0.717, 1.165) is 29.7 Å². The Morgan fingerprint density at radius 2 is 1.74 bits per heavy atom. The summed E-state index contributed by atoms with van der Waals surface area (Å²) in [4.78, 5) is 20.0. The first-order valence-corrected chi connectivity index (χ1v) is 11.1. The number of hydrogen-bond donors (Lipinski definition) is 0. The van der Waals surface area contributed by atoms with Crippen LogP contribution < -0.4 is 0 Å². The molecule has 1 heterocycles. The van der Waals surface area contributed by atoms with Crippen molar-refractivity contribution in [2.75, 3.05) is 0 Å². The minimum Gasteiger partial charge on any atom is -0.329 e. The van der Waals surface area contributed by atoms with Gasteiger partial charge >= 0.3 is 0 Å². The Morgan fingerprint density at radius 3 is 2.35 bits per heavy atom. The minimum atomic E-state index is -0.268. The van der Waals surface area contributed by atoms with E-state index in [1.54, 1.807) is 18.3 Å². The van der Waals surface area contributed by atoms with Crippen LogP contribution in [0, 0.1) is 11.7 Å². The van der Waals surface area contributed by atoms with Gasteiger partial charge < -0.3 is 4.90 Å². The van der Waals surface area contributed by atoms with Crippen LogP contribution in [0.4, 0.5) is 4.39 Å². The van der Waals surface area contributed by atoms with Crippen molar-refractivity contribution in [2.24, 2.45) is 5.92 Å². The van der Waals surface area contributed by atoms with Crippen LogP contribution >= 0.6 is 11.6 Å². The fourth-order valence-corrected chi connectivity index (χ4v) is 4.20. The topological polar surface area (TPSA) is 33.2 Å². The molecule has 4 rings (SSSR count). The summed E-state index contributed by atoms with van der Waals surface area (Å²) in [5.41, 5.74) is 2.93. The normalized spacial score (nSPS) is 15.3. The highest BCUT2D eigenvalue weighted by Gasteiger charge is 2.38. The van der Waals surface area contributed by atoms with Gasteiger partial charge in [0.25, 0.3) is 0 Å². The Bertz CT molecular complexity index is 1000. The first-order valence-electron chi connectivity index (χ1n) is 10.7. The molecule has 1 aliphatic rings. The summed E-state index contributed by atoms with van der Waals surface area (Å²) in [5.74, 6) is 0.240. The maximum Gasteiger partial charge on any atom is 0.224 e. The highest BCUT2D eigenvalue weighted by atomic mass is 35.5. The molecule has 2 atom stereocenters. The monoisotopic (exact) mass is 436 g/mol. The number of amides is 1. The molecule has 1 saturated carbocycles. The average molecular weight is 437 g/mol. The molecule has 2 aromatic carbocycles. The predicted octanol–water partition coefficient (Wildman–Crippen LogP) is 6.55. The number of aromatic nitrogens is 1. The molecule has 5 heteroatoms. The largest absolute Gasteiger partial charge is 0.329 e. The van der Waals surface area contributed by atoms with Crippen molar-refractivity contribution in [3.05, 3.63) is 101 Å². The molecule has 1 amide bonds. The molecule has 0 N–H and O–H groups in total. The first-order chi connectivity index (χ1) is 15.0. The van der Waals surface area contributed by atoms with Crippen LogP contribution in [0.3, 0.4) is 0 Å². The highest BCUT2D eigenvalue weighted by Crippen LogP contribution is 2.45. The van der Waals surface area contributed by atoms with Crippen molar-refractivity contribution in [3.8, 4) is 0 Å². The van der Waals surface area contributed by atoms with Crippen molar-refractivity contribution in [1.29, 1.82) is 0 Å². The quantitative estimate of drug-likeness (QED) is 0.401. The Kier molecular flexibility index (Phi) is 6.67. The summed E-state index contributed by atoms with van der Waals surface area (Å²) < 4.78 is 13.3. The van der Waals surface area contributed by atoms with Crippen molar-refractivity contribution in [1.82, 2.24) is 9.88 Å². The maximum atomic E-state index is 13.6. The number of benzene rings is 2. The van der Waals surface area contributed by atoms with Crippen LogP contribution in [0.1, 0.15) is 55.0 Å². The molecule has 0 saturated heterocycles. The second-order valence-electron chi connectivity index (χ2n) is 8.33. The molecule has 0 spiro atoms. The van der Waals surface area contributed by atoms with Crippen molar-refractivity contribution in [3.63, 3.8) is 0 Å². The third-order valence-corrected chi connectivity index (χ3v) is 6.17. The molecule has 1 unspecified atom stereocenters. The fourth-order valence-electron chi connectivity index (χ4n) is 4.07.